The Kier molecular flexibility index (Phi) is 5.84. The molecule has 0 aliphatic carbocycles. The normalized spacial score (nSPS) is 11.8. The van der Waals surface area contributed by atoms with Gasteiger partial charge in [-0.25, -0.2) is 9.18 Å². The minimum absolute atomic E-state index is 0.193. The van der Waals surface area contributed by atoms with Gasteiger partial charge >= 0.3 is 5.97 Å². The second-order valence-corrected chi connectivity index (χ2v) is 3.95. The average Bonchev–Trinajstić information content (AvgIpc) is 2.37. The fourth-order valence-electron chi connectivity index (χ4n) is 1.53. The van der Waals surface area contributed by atoms with E-state index in [1.54, 1.807) is 0 Å². The number of halogens is 1. The number of alkyl halides is 1. The zero-order valence-electron chi connectivity index (χ0n) is 9.93. The van der Waals surface area contributed by atoms with E-state index < -0.39 is 24.6 Å². The Hall–Kier alpha value is -1.91. The van der Waals surface area contributed by atoms with Crippen LogP contribution in [0.2, 0.25) is 0 Å². The molecule has 1 aromatic carbocycles. The van der Waals surface area contributed by atoms with Gasteiger partial charge in [0, 0.05) is 6.42 Å². The lowest BCUT2D eigenvalue weighted by Gasteiger charge is -2.10. The highest BCUT2D eigenvalue weighted by molar-refractivity contribution is 5.83. The molecule has 5 heteroatoms. The van der Waals surface area contributed by atoms with Crippen LogP contribution in [0.15, 0.2) is 30.3 Å². The highest BCUT2D eigenvalue weighted by Crippen LogP contribution is 2.04. The molecule has 1 atom stereocenters. The highest BCUT2D eigenvalue weighted by atomic mass is 19.1. The molecule has 0 saturated heterocycles. The van der Waals surface area contributed by atoms with E-state index in [9.17, 15) is 14.0 Å². The van der Waals surface area contributed by atoms with Crippen molar-refractivity contribution < 1.29 is 19.1 Å². The van der Waals surface area contributed by atoms with Gasteiger partial charge in [-0.3, -0.25) is 4.79 Å². The number of nitrogens with one attached hydrogen (secondary N) is 1. The van der Waals surface area contributed by atoms with Crippen molar-refractivity contribution in [1.82, 2.24) is 5.32 Å². The molecule has 0 fully saturated rings. The van der Waals surface area contributed by atoms with Crippen LogP contribution in [0, 0.1) is 0 Å². The van der Waals surface area contributed by atoms with E-state index in [1.807, 2.05) is 30.3 Å². The van der Waals surface area contributed by atoms with Crippen LogP contribution in [0.3, 0.4) is 0 Å². The standard InChI is InChI=1S/C13H16FNO3/c14-9-11(13(17)18)15-12(16)8-4-7-10-5-2-1-3-6-10/h1-3,5-6,11H,4,7-9H2,(H,15,16)(H,17,18). The zero-order valence-corrected chi connectivity index (χ0v) is 9.93. The van der Waals surface area contributed by atoms with Gasteiger partial charge in [-0.15, -0.1) is 0 Å². The Labute approximate surface area is 105 Å². The van der Waals surface area contributed by atoms with Crippen LogP contribution >= 0.6 is 0 Å². The van der Waals surface area contributed by atoms with Gasteiger partial charge in [-0.1, -0.05) is 30.3 Å². The number of hydrogen-bond donors (Lipinski definition) is 2. The molecule has 2 N–H and O–H groups in total. The molecule has 1 aromatic rings. The Morgan fingerprint density at radius 2 is 1.94 bits per heavy atom. The van der Waals surface area contributed by atoms with Gasteiger partial charge in [-0.2, -0.15) is 0 Å². The molecule has 18 heavy (non-hydrogen) atoms. The van der Waals surface area contributed by atoms with Gasteiger partial charge in [0.25, 0.3) is 0 Å². The van der Waals surface area contributed by atoms with Crippen LogP contribution in [0.4, 0.5) is 4.39 Å². The molecule has 0 spiro atoms. The van der Waals surface area contributed by atoms with Crippen molar-refractivity contribution >= 4 is 11.9 Å². The summed E-state index contributed by atoms with van der Waals surface area (Å²) in [5.74, 6) is -1.79. The van der Waals surface area contributed by atoms with E-state index in [0.717, 1.165) is 12.0 Å². The number of carboxylic acids is 1. The van der Waals surface area contributed by atoms with Crippen LogP contribution in [-0.2, 0) is 16.0 Å². The quantitative estimate of drug-likeness (QED) is 0.774. The number of benzene rings is 1. The molecule has 0 aliphatic heterocycles. The minimum atomic E-state index is -1.44. The van der Waals surface area contributed by atoms with Crippen LogP contribution in [0.1, 0.15) is 18.4 Å². The lowest BCUT2D eigenvalue weighted by atomic mass is 10.1. The number of carbonyl (C=O) groups is 2. The zero-order chi connectivity index (χ0) is 13.4. The molecular formula is C13H16FNO3. The topological polar surface area (TPSA) is 66.4 Å². The molecule has 0 saturated carbocycles. The summed E-state index contributed by atoms with van der Waals surface area (Å²) in [5, 5.41) is 10.7. The van der Waals surface area contributed by atoms with Crippen molar-refractivity contribution in [2.75, 3.05) is 6.67 Å². The number of aliphatic carboxylic acids is 1. The van der Waals surface area contributed by atoms with Gasteiger partial charge in [0.05, 0.1) is 0 Å². The minimum Gasteiger partial charge on any atom is -0.480 e. The Morgan fingerprint density at radius 3 is 2.50 bits per heavy atom. The first kappa shape index (κ1) is 14.2. The predicted molar refractivity (Wildman–Crippen MR) is 64.9 cm³/mol. The van der Waals surface area contributed by atoms with Crippen LogP contribution in [0.5, 0.6) is 0 Å². The van der Waals surface area contributed by atoms with Gasteiger partial charge < -0.3 is 10.4 Å². The van der Waals surface area contributed by atoms with E-state index in [2.05, 4.69) is 5.32 Å². The Morgan fingerprint density at radius 1 is 1.28 bits per heavy atom. The molecular weight excluding hydrogens is 237 g/mol. The van der Waals surface area contributed by atoms with Gasteiger partial charge in [-0.05, 0) is 18.4 Å². The van der Waals surface area contributed by atoms with Crippen molar-refractivity contribution in [1.29, 1.82) is 0 Å². The second-order valence-electron chi connectivity index (χ2n) is 3.95. The molecule has 1 rings (SSSR count). The van der Waals surface area contributed by atoms with E-state index >= 15 is 0 Å². The maximum Gasteiger partial charge on any atom is 0.328 e. The molecule has 0 bridgehead atoms. The van der Waals surface area contributed by atoms with E-state index in [0.29, 0.717) is 6.42 Å². The number of amides is 1. The molecule has 0 aliphatic rings. The van der Waals surface area contributed by atoms with Crippen molar-refractivity contribution in [3.63, 3.8) is 0 Å². The molecule has 0 heterocycles. The highest BCUT2D eigenvalue weighted by Gasteiger charge is 2.18. The summed E-state index contributed by atoms with van der Waals surface area (Å²) in [6.45, 7) is -1.10. The molecule has 0 radical (unpaired) electrons. The third-order valence-corrected chi connectivity index (χ3v) is 2.50. The first-order chi connectivity index (χ1) is 8.63. The summed E-state index contributed by atoms with van der Waals surface area (Å²) in [5.41, 5.74) is 1.12. The number of rotatable bonds is 7. The fourth-order valence-corrected chi connectivity index (χ4v) is 1.53. The molecule has 0 aromatic heterocycles. The van der Waals surface area contributed by atoms with Crippen LogP contribution in [0.25, 0.3) is 0 Å². The summed E-state index contributed by atoms with van der Waals surface area (Å²) in [6, 6.07) is 8.22. The number of hydrogen-bond acceptors (Lipinski definition) is 2. The largest absolute Gasteiger partial charge is 0.480 e. The second kappa shape index (κ2) is 7.42. The lowest BCUT2D eigenvalue weighted by molar-refractivity contribution is -0.142. The van der Waals surface area contributed by atoms with Gasteiger partial charge in [0.1, 0.15) is 6.67 Å². The maximum atomic E-state index is 12.3. The SMILES string of the molecule is O=C(CCCc1ccccc1)NC(CF)C(=O)O. The number of carbonyl (C=O) groups excluding carboxylic acids is 1. The van der Waals surface area contributed by atoms with Crippen LogP contribution < -0.4 is 5.32 Å². The van der Waals surface area contributed by atoms with Crippen molar-refractivity contribution in [3.05, 3.63) is 35.9 Å². The summed E-state index contributed by atoms with van der Waals surface area (Å²) >= 11 is 0. The summed E-state index contributed by atoms with van der Waals surface area (Å²) in [7, 11) is 0. The first-order valence-corrected chi connectivity index (χ1v) is 5.75. The first-order valence-electron chi connectivity index (χ1n) is 5.75. The predicted octanol–water partition coefficient (Wildman–Crippen LogP) is 1.55. The summed E-state index contributed by atoms with van der Waals surface area (Å²) in [6.07, 6.45) is 1.54. The lowest BCUT2D eigenvalue weighted by Crippen LogP contribution is -2.42. The smallest absolute Gasteiger partial charge is 0.328 e. The Bertz CT molecular complexity index is 394. The van der Waals surface area contributed by atoms with Crippen LogP contribution in [-0.4, -0.2) is 29.7 Å². The summed E-state index contributed by atoms with van der Waals surface area (Å²) in [4.78, 5) is 21.9. The van der Waals surface area contributed by atoms with Crippen molar-refractivity contribution in [2.24, 2.45) is 0 Å². The number of aryl methyl sites for hydroxylation is 1. The third kappa shape index (κ3) is 4.95. The molecule has 98 valence electrons. The third-order valence-electron chi connectivity index (χ3n) is 2.50. The van der Waals surface area contributed by atoms with E-state index in [4.69, 9.17) is 5.11 Å². The number of carboxylic acid groups (broad SMARTS) is 1. The van der Waals surface area contributed by atoms with Crippen molar-refractivity contribution in [3.8, 4) is 0 Å². The monoisotopic (exact) mass is 253 g/mol. The van der Waals surface area contributed by atoms with Gasteiger partial charge in [0.2, 0.25) is 5.91 Å². The molecule has 1 amide bonds. The van der Waals surface area contributed by atoms with Crippen molar-refractivity contribution in [2.45, 2.75) is 25.3 Å². The van der Waals surface area contributed by atoms with E-state index in [1.165, 1.54) is 0 Å². The maximum absolute atomic E-state index is 12.3. The fraction of sp³-hybridized carbons (Fsp3) is 0.385. The summed E-state index contributed by atoms with van der Waals surface area (Å²) < 4.78 is 12.3. The molecule has 4 nitrogen and oxygen atoms in total. The van der Waals surface area contributed by atoms with Gasteiger partial charge in [0.15, 0.2) is 6.04 Å². The Balaban J connectivity index is 2.27. The average molecular weight is 253 g/mol. The van der Waals surface area contributed by atoms with E-state index in [-0.39, 0.29) is 6.42 Å². The molecule has 1 unspecified atom stereocenters.